The molecule has 0 aliphatic carbocycles. The van der Waals surface area contributed by atoms with Gasteiger partial charge in [-0.3, -0.25) is 14.2 Å². The number of fused-ring (bicyclic) bond motifs is 1. The zero-order valence-electron chi connectivity index (χ0n) is 19.2. The van der Waals surface area contributed by atoms with Crippen LogP contribution in [-0.2, 0) is 11.3 Å². The predicted octanol–water partition coefficient (Wildman–Crippen LogP) is 2.13. The molecule has 0 atom stereocenters. The summed E-state index contributed by atoms with van der Waals surface area (Å²) in [5, 5.41) is 12.3. The minimum absolute atomic E-state index is 0.00851. The van der Waals surface area contributed by atoms with Gasteiger partial charge in [0.15, 0.2) is 0 Å². The lowest BCUT2D eigenvalue weighted by Gasteiger charge is -2.38. The number of aromatic nitrogens is 2. The highest BCUT2D eigenvalue weighted by molar-refractivity contribution is 5.97. The molecule has 9 heteroatoms. The average Bonchev–Trinajstić information content (AvgIpc) is 2.84. The molecule has 1 aliphatic heterocycles. The molecule has 3 aromatic rings. The van der Waals surface area contributed by atoms with Crippen molar-refractivity contribution in [3.8, 4) is 5.88 Å². The quantitative estimate of drug-likeness (QED) is 0.556. The number of hydrogen-bond acceptors (Lipinski definition) is 5. The van der Waals surface area contributed by atoms with E-state index >= 15 is 0 Å². The maximum Gasteiger partial charge on any atom is 0.347 e. The van der Waals surface area contributed by atoms with Crippen LogP contribution in [0.1, 0.15) is 42.6 Å². The topological polar surface area (TPSA) is 98.6 Å². The number of carbonyl (C=O) groups excluding carboxylic acids is 2. The van der Waals surface area contributed by atoms with Crippen LogP contribution >= 0.6 is 0 Å². The van der Waals surface area contributed by atoms with Gasteiger partial charge in [0.2, 0.25) is 5.91 Å². The molecule has 1 aromatic heterocycles. The number of nitrogens with zero attached hydrogens (tertiary/aromatic N) is 4. The second kappa shape index (κ2) is 9.62. The Kier molecular flexibility index (Phi) is 6.63. The molecule has 0 bridgehead atoms. The van der Waals surface area contributed by atoms with Gasteiger partial charge in [0.05, 0.1) is 17.6 Å². The Balaban J connectivity index is 1.59. The minimum Gasteiger partial charge on any atom is -0.858 e. The third-order valence-electron chi connectivity index (χ3n) is 6.38. The smallest absolute Gasteiger partial charge is 0.347 e. The molecule has 8 nitrogen and oxygen atoms in total. The molecule has 2 amide bonds. The van der Waals surface area contributed by atoms with Gasteiger partial charge in [-0.2, -0.15) is 0 Å². The highest BCUT2D eigenvalue weighted by atomic mass is 19.1. The Bertz CT molecular complexity index is 1300. The van der Waals surface area contributed by atoms with Crippen LogP contribution in [0.2, 0.25) is 0 Å². The number of benzene rings is 2. The molecule has 2 aromatic carbocycles. The van der Waals surface area contributed by atoms with Gasteiger partial charge in [-0.25, -0.2) is 14.2 Å². The Morgan fingerprint density at radius 3 is 2.56 bits per heavy atom. The van der Waals surface area contributed by atoms with Crippen LogP contribution in [0.3, 0.4) is 0 Å². The summed E-state index contributed by atoms with van der Waals surface area (Å²) in [4.78, 5) is 44.9. The minimum atomic E-state index is -0.718. The van der Waals surface area contributed by atoms with Gasteiger partial charge < -0.3 is 14.9 Å². The van der Waals surface area contributed by atoms with Crippen LogP contribution in [0.5, 0.6) is 5.88 Å². The van der Waals surface area contributed by atoms with Crippen molar-refractivity contribution in [1.82, 2.24) is 19.4 Å². The SMILES string of the molecule is CCC(CC)N1CCN(C(=O)c2cc(Cn3c(=O)nc([O-])c4ccccc43)ccc2F)CC1=O. The molecule has 4 rings (SSSR count). The fourth-order valence-electron chi connectivity index (χ4n) is 4.52. The molecular formula is C25H26FN4O4-. The van der Waals surface area contributed by atoms with Gasteiger partial charge in [-0.1, -0.05) is 38.1 Å². The summed E-state index contributed by atoms with van der Waals surface area (Å²) in [6, 6.07) is 10.8. The van der Waals surface area contributed by atoms with Gasteiger partial charge in [-0.05, 0) is 36.6 Å². The number of rotatable bonds is 6. The van der Waals surface area contributed by atoms with E-state index in [4.69, 9.17) is 0 Å². The largest absolute Gasteiger partial charge is 0.858 e. The van der Waals surface area contributed by atoms with Gasteiger partial charge in [0.25, 0.3) is 5.91 Å². The summed E-state index contributed by atoms with van der Waals surface area (Å²) < 4.78 is 16.0. The zero-order valence-corrected chi connectivity index (χ0v) is 19.2. The van der Waals surface area contributed by atoms with E-state index in [1.54, 1.807) is 29.2 Å². The van der Waals surface area contributed by atoms with Crippen molar-refractivity contribution in [2.24, 2.45) is 0 Å². The standard InChI is InChI=1S/C25H27FN4O4/c1-3-17(4-2)29-12-11-28(15-22(29)31)24(33)19-13-16(9-10-20(19)26)14-30-21-8-6-5-7-18(21)23(32)27-25(30)34/h5-10,13,17H,3-4,11-12,14-15H2,1-2H3,(H,27,32,34)/p-1. The zero-order chi connectivity index (χ0) is 24.4. The van der Waals surface area contributed by atoms with E-state index < -0.39 is 23.3 Å². The van der Waals surface area contributed by atoms with Crippen molar-refractivity contribution in [1.29, 1.82) is 0 Å². The van der Waals surface area contributed by atoms with E-state index in [9.17, 15) is 23.9 Å². The molecule has 34 heavy (non-hydrogen) atoms. The second-order valence-corrected chi connectivity index (χ2v) is 8.40. The highest BCUT2D eigenvalue weighted by Crippen LogP contribution is 2.21. The van der Waals surface area contributed by atoms with Crippen LogP contribution in [0, 0.1) is 5.82 Å². The van der Waals surface area contributed by atoms with Crippen molar-refractivity contribution < 1.29 is 19.1 Å². The van der Waals surface area contributed by atoms with Gasteiger partial charge in [0.1, 0.15) is 12.4 Å². The van der Waals surface area contributed by atoms with E-state index in [1.807, 2.05) is 13.8 Å². The van der Waals surface area contributed by atoms with Crippen molar-refractivity contribution in [2.45, 2.75) is 39.3 Å². The van der Waals surface area contributed by atoms with Crippen molar-refractivity contribution in [2.75, 3.05) is 19.6 Å². The maximum atomic E-state index is 14.6. The van der Waals surface area contributed by atoms with Crippen LogP contribution in [0.25, 0.3) is 10.9 Å². The number of hydrogen-bond donors (Lipinski definition) is 0. The van der Waals surface area contributed by atoms with Crippen molar-refractivity contribution >= 4 is 22.7 Å². The number of para-hydroxylation sites is 1. The third kappa shape index (κ3) is 4.37. The molecule has 1 fully saturated rings. The van der Waals surface area contributed by atoms with Crippen LogP contribution in [-0.4, -0.2) is 56.8 Å². The Hall–Kier alpha value is -3.75. The van der Waals surface area contributed by atoms with E-state index in [2.05, 4.69) is 4.98 Å². The average molecular weight is 466 g/mol. The molecule has 2 heterocycles. The lowest BCUT2D eigenvalue weighted by atomic mass is 10.1. The van der Waals surface area contributed by atoms with E-state index in [0.29, 0.717) is 29.6 Å². The maximum absolute atomic E-state index is 14.6. The third-order valence-corrected chi connectivity index (χ3v) is 6.38. The first kappa shape index (κ1) is 23.4. The number of carbonyl (C=O) groups is 2. The number of halogens is 1. The van der Waals surface area contributed by atoms with Crippen molar-refractivity contribution in [3.63, 3.8) is 0 Å². The molecule has 0 radical (unpaired) electrons. The first-order valence-electron chi connectivity index (χ1n) is 11.4. The highest BCUT2D eigenvalue weighted by Gasteiger charge is 2.31. The molecule has 0 N–H and O–H groups in total. The summed E-state index contributed by atoms with van der Waals surface area (Å²) in [6.45, 7) is 4.69. The molecule has 0 spiro atoms. The normalized spacial score (nSPS) is 14.3. The molecular weight excluding hydrogens is 439 g/mol. The first-order valence-corrected chi connectivity index (χ1v) is 11.4. The number of amides is 2. The first-order chi connectivity index (χ1) is 16.3. The fraction of sp³-hybridized carbons (Fsp3) is 0.360. The summed E-state index contributed by atoms with van der Waals surface area (Å²) >= 11 is 0. The summed E-state index contributed by atoms with van der Waals surface area (Å²) in [5.74, 6) is -2.02. The lowest BCUT2D eigenvalue weighted by Crippen LogP contribution is -2.55. The Labute approximate surface area is 196 Å². The fourth-order valence-corrected chi connectivity index (χ4v) is 4.52. The summed E-state index contributed by atoms with van der Waals surface area (Å²) in [6.07, 6.45) is 1.67. The summed E-state index contributed by atoms with van der Waals surface area (Å²) in [5.41, 5.74) is 0.0309. The predicted molar refractivity (Wildman–Crippen MR) is 123 cm³/mol. The molecule has 0 unspecified atom stereocenters. The van der Waals surface area contributed by atoms with Gasteiger partial charge >= 0.3 is 5.69 Å². The molecule has 178 valence electrons. The monoisotopic (exact) mass is 465 g/mol. The molecule has 1 aliphatic rings. The second-order valence-electron chi connectivity index (χ2n) is 8.40. The lowest BCUT2D eigenvalue weighted by molar-refractivity contribution is -0.272. The van der Waals surface area contributed by atoms with Gasteiger partial charge in [0, 0.05) is 30.4 Å². The number of piperazine rings is 1. The Morgan fingerprint density at radius 1 is 1.12 bits per heavy atom. The van der Waals surface area contributed by atoms with E-state index in [1.165, 1.54) is 27.7 Å². The summed E-state index contributed by atoms with van der Waals surface area (Å²) in [7, 11) is 0. The van der Waals surface area contributed by atoms with Crippen LogP contribution < -0.4 is 10.8 Å². The van der Waals surface area contributed by atoms with E-state index in [-0.39, 0.29) is 30.6 Å². The van der Waals surface area contributed by atoms with Crippen molar-refractivity contribution in [3.05, 3.63) is 69.9 Å². The van der Waals surface area contributed by atoms with Gasteiger partial charge in [-0.15, -0.1) is 0 Å². The van der Waals surface area contributed by atoms with Crippen LogP contribution in [0.4, 0.5) is 4.39 Å². The molecule has 1 saturated heterocycles. The molecule has 0 saturated carbocycles. The Morgan fingerprint density at radius 2 is 1.85 bits per heavy atom. The van der Waals surface area contributed by atoms with E-state index in [0.717, 1.165) is 12.8 Å². The van der Waals surface area contributed by atoms with Crippen LogP contribution in [0.15, 0.2) is 47.3 Å².